The summed E-state index contributed by atoms with van der Waals surface area (Å²) >= 11 is 1.39. The van der Waals surface area contributed by atoms with Crippen LogP contribution in [0.25, 0.3) is 11.2 Å². The molecule has 3 aromatic rings. The van der Waals surface area contributed by atoms with Crippen LogP contribution in [-0.4, -0.2) is 111 Å². The van der Waals surface area contributed by atoms with Crippen LogP contribution in [0.3, 0.4) is 0 Å². The molecular formula is C26H39N9O7S. The average Bonchev–Trinajstić information content (AvgIpc) is 3.52. The monoisotopic (exact) mass is 621 g/mol. The molecule has 16 nitrogen and oxygen atoms in total. The van der Waals surface area contributed by atoms with Crippen molar-refractivity contribution >= 4 is 40.5 Å². The number of thioether (sulfide) groups is 1. The highest BCUT2D eigenvalue weighted by molar-refractivity contribution is 7.98. The van der Waals surface area contributed by atoms with Crippen LogP contribution in [0.15, 0.2) is 27.9 Å². The van der Waals surface area contributed by atoms with Crippen molar-refractivity contribution in [2.45, 2.75) is 69.1 Å². The molecule has 5 heterocycles. The standard InChI is InChI=1S/C16H23N5O4S.C10H16N4O3/c1-8(2)4-5-17-13-10-14(20-16(19-13)26-3)21(7-18-10)15-12(24)11(23)9(6-22)25-15;1-4(15)7(16)5-2-6-8(12-3-5)13-10(11)14-9(6)17/h4,7,9,11-12,15,22-24H,5-6H2,1-3H3,(H,17,19,20);4-5,7,15-16H,2-3H2,1H3,(H4,11,12,13,14,17)/t9-,11?,12+,15-;4-,5+,7-/m10/s1. The maximum absolute atomic E-state index is 11.7. The number of aliphatic hydroxyl groups is 5. The van der Waals surface area contributed by atoms with Crippen LogP contribution in [-0.2, 0) is 11.2 Å². The van der Waals surface area contributed by atoms with Crippen molar-refractivity contribution in [3.63, 3.8) is 0 Å². The van der Waals surface area contributed by atoms with Crippen molar-refractivity contribution in [1.29, 1.82) is 0 Å². The highest BCUT2D eigenvalue weighted by atomic mass is 32.2. The van der Waals surface area contributed by atoms with Gasteiger partial charge in [-0.1, -0.05) is 23.4 Å². The highest BCUT2D eigenvalue weighted by Crippen LogP contribution is 2.33. The number of allylic oxidation sites excluding steroid dienone is 1. The number of nitrogen functional groups attached to an aromatic ring is 1. The lowest BCUT2D eigenvalue weighted by Crippen LogP contribution is -2.41. The molecule has 2 aliphatic rings. The van der Waals surface area contributed by atoms with Gasteiger partial charge in [0.1, 0.15) is 24.1 Å². The first kappa shape index (κ1) is 32.6. The van der Waals surface area contributed by atoms with Gasteiger partial charge in [0.05, 0.1) is 30.7 Å². The molecule has 17 heteroatoms. The van der Waals surface area contributed by atoms with Crippen molar-refractivity contribution < 1.29 is 30.3 Å². The Kier molecular flexibility index (Phi) is 10.6. The van der Waals surface area contributed by atoms with E-state index in [-0.39, 0.29) is 24.0 Å². The largest absolute Gasteiger partial charge is 0.394 e. The molecule has 0 aromatic carbocycles. The van der Waals surface area contributed by atoms with E-state index in [1.165, 1.54) is 30.6 Å². The van der Waals surface area contributed by atoms with Gasteiger partial charge >= 0.3 is 0 Å². The number of nitrogens with zero attached hydrogens (tertiary/aromatic N) is 5. The number of aliphatic hydroxyl groups excluding tert-OH is 5. The third kappa shape index (κ3) is 7.26. The number of nitrogens with one attached hydrogen (secondary N) is 3. The zero-order valence-electron chi connectivity index (χ0n) is 24.3. The fourth-order valence-electron chi connectivity index (χ4n) is 4.81. The predicted octanol–water partition coefficient (Wildman–Crippen LogP) is -0.784. The van der Waals surface area contributed by atoms with E-state index in [9.17, 15) is 30.3 Å². The lowest BCUT2D eigenvalue weighted by molar-refractivity contribution is -0.0511. The second-order valence-electron chi connectivity index (χ2n) is 10.6. The number of rotatable bonds is 8. The van der Waals surface area contributed by atoms with Crippen LogP contribution in [0.1, 0.15) is 32.6 Å². The summed E-state index contributed by atoms with van der Waals surface area (Å²) in [4.78, 5) is 31.4. The minimum absolute atomic E-state index is 0.0655. The Balaban J connectivity index is 0.000000215. The second kappa shape index (κ2) is 14.0. The maximum atomic E-state index is 11.7. The third-order valence-electron chi connectivity index (χ3n) is 7.16. The molecule has 0 saturated carbocycles. The molecule has 0 aliphatic carbocycles. The summed E-state index contributed by atoms with van der Waals surface area (Å²) in [5.74, 6) is 0.896. The molecule has 1 unspecified atom stereocenters. The van der Waals surface area contributed by atoms with Crippen LogP contribution in [0.4, 0.5) is 17.6 Å². The molecule has 2 aliphatic heterocycles. The number of ether oxygens (including phenoxy) is 1. The number of H-pyrrole nitrogens is 1. The summed E-state index contributed by atoms with van der Waals surface area (Å²) in [6.07, 6.45) is -0.0423. The van der Waals surface area contributed by atoms with Crippen molar-refractivity contribution in [1.82, 2.24) is 29.5 Å². The van der Waals surface area contributed by atoms with Gasteiger partial charge in [-0.2, -0.15) is 4.98 Å². The number of anilines is 3. The Morgan fingerprint density at radius 1 is 1.28 bits per heavy atom. The topological polar surface area (TPSA) is 250 Å². The Morgan fingerprint density at radius 3 is 2.65 bits per heavy atom. The van der Waals surface area contributed by atoms with E-state index in [0.717, 1.165) is 0 Å². The fraction of sp³-hybridized carbons (Fsp3) is 0.577. The number of imidazole rings is 1. The summed E-state index contributed by atoms with van der Waals surface area (Å²) in [7, 11) is 0. The summed E-state index contributed by atoms with van der Waals surface area (Å²) in [6.45, 7) is 6.22. The summed E-state index contributed by atoms with van der Waals surface area (Å²) in [5, 5.41) is 55.4. The van der Waals surface area contributed by atoms with Gasteiger partial charge in [-0.25, -0.2) is 15.0 Å². The zero-order chi connectivity index (χ0) is 31.4. The van der Waals surface area contributed by atoms with Gasteiger partial charge in [-0.05, 0) is 33.4 Å². The lowest BCUT2D eigenvalue weighted by Gasteiger charge is -2.29. The molecule has 43 heavy (non-hydrogen) atoms. The first-order valence-corrected chi connectivity index (χ1v) is 14.9. The molecule has 236 valence electrons. The van der Waals surface area contributed by atoms with Gasteiger partial charge in [-0.3, -0.25) is 14.3 Å². The number of fused-ring (bicyclic) bond motifs is 2. The highest BCUT2D eigenvalue weighted by Gasteiger charge is 2.44. The first-order valence-electron chi connectivity index (χ1n) is 13.7. The van der Waals surface area contributed by atoms with Gasteiger partial charge < -0.3 is 46.6 Å². The Bertz CT molecular complexity index is 1490. The molecule has 0 amide bonds. The van der Waals surface area contributed by atoms with Crippen molar-refractivity contribution in [2.75, 3.05) is 42.3 Å². The van der Waals surface area contributed by atoms with Crippen LogP contribution in [0.5, 0.6) is 0 Å². The van der Waals surface area contributed by atoms with Crippen molar-refractivity contribution in [2.24, 2.45) is 5.92 Å². The second-order valence-corrected chi connectivity index (χ2v) is 11.4. The molecule has 0 spiro atoms. The molecule has 3 aromatic heterocycles. The van der Waals surface area contributed by atoms with Gasteiger partial charge in [0.25, 0.3) is 5.56 Å². The van der Waals surface area contributed by atoms with Crippen LogP contribution < -0.4 is 21.9 Å². The Labute approximate surface area is 251 Å². The van der Waals surface area contributed by atoms with Gasteiger partial charge in [-0.15, -0.1) is 0 Å². The van der Waals surface area contributed by atoms with Crippen LogP contribution in [0.2, 0.25) is 0 Å². The molecule has 10 N–H and O–H groups in total. The molecule has 0 bridgehead atoms. The summed E-state index contributed by atoms with van der Waals surface area (Å²) in [6, 6.07) is 0. The summed E-state index contributed by atoms with van der Waals surface area (Å²) in [5.41, 5.74) is 7.81. The number of hydrogen-bond acceptors (Lipinski definition) is 15. The van der Waals surface area contributed by atoms with E-state index in [1.807, 2.05) is 26.2 Å². The normalized spacial score (nSPS) is 24.3. The SMILES string of the molecule is CSc1nc(NCC=C(C)C)c2ncn([C@@H]3O[C@H](CO)C(O)[C@@H]3O)c2n1.C[C@H](O)[C@H](O)[C@H]1CNc2nc(N)[nH]c(=O)c2C1. The summed E-state index contributed by atoms with van der Waals surface area (Å²) < 4.78 is 7.15. The number of aromatic amines is 1. The average molecular weight is 622 g/mol. The molecule has 1 saturated heterocycles. The smallest absolute Gasteiger partial charge is 0.257 e. The minimum atomic E-state index is -1.20. The fourth-order valence-corrected chi connectivity index (χ4v) is 5.17. The van der Waals surface area contributed by atoms with E-state index in [4.69, 9.17) is 10.5 Å². The van der Waals surface area contributed by atoms with Crippen molar-refractivity contribution in [3.05, 3.63) is 33.9 Å². The number of hydrogen-bond donors (Lipinski definition) is 9. The number of aromatic nitrogens is 6. The van der Waals surface area contributed by atoms with E-state index < -0.39 is 36.7 Å². The minimum Gasteiger partial charge on any atom is -0.394 e. The molecule has 1 fully saturated rings. The maximum Gasteiger partial charge on any atom is 0.257 e. The molecule has 5 rings (SSSR count). The Morgan fingerprint density at radius 2 is 2.02 bits per heavy atom. The van der Waals surface area contributed by atoms with E-state index >= 15 is 0 Å². The lowest BCUT2D eigenvalue weighted by atomic mass is 9.89. The zero-order valence-corrected chi connectivity index (χ0v) is 25.1. The van der Waals surface area contributed by atoms with Crippen LogP contribution in [0, 0.1) is 5.92 Å². The molecule has 0 radical (unpaired) electrons. The van der Waals surface area contributed by atoms with E-state index in [0.29, 0.717) is 53.0 Å². The van der Waals surface area contributed by atoms with Gasteiger partial charge in [0.2, 0.25) is 5.95 Å². The molecule has 7 atom stereocenters. The van der Waals surface area contributed by atoms with E-state index in [2.05, 4.69) is 35.6 Å². The Hall–Kier alpha value is -3.32. The quantitative estimate of drug-likeness (QED) is 0.0849. The molecular weight excluding hydrogens is 582 g/mol. The van der Waals surface area contributed by atoms with Gasteiger partial charge in [0, 0.05) is 19.0 Å². The van der Waals surface area contributed by atoms with Gasteiger partial charge in [0.15, 0.2) is 28.4 Å². The predicted molar refractivity (Wildman–Crippen MR) is 161 cm³/mol. The van der Waals surface area contributed by atoms with Crippen LogP contribution >= 0.6 is 11.8 Å². The third-order valence-corrected chi connectivity index (χ3v) is 7.71. The van der Waals surface area contributed by atoms with E-state index in [1.54, 1.807) is 4.57 Å². The number of nitrogens with two attached hydrogens (primary N) is 1. The van der Waals surface area contributed by atoms with Crippen molar-refractivity contribution in [3.8, 4) is 0 Å². The first-order chi connectivity index (χ1) is 20.4.